The Morgan fingerprint density at radius 2 is 2.18 bits per heavy atom. The fraction of sp³-hybridized carbons (Fsp3) is 0.588. The summed E-state index contributed by atoms with van der Waals surface area (Å²) in [5.41, 5.74) is 1.14. The number of aliphatic imine (C=N–C) groups is 1. The summed E-state index contributed by atoms with van der Waals surface area (Å²) in [6.45, 7) is 5.51. The molecule has 5 nitrogen and oxygen atoms in total. The molecule has 0 aromatic heterocycles. The minimum absolute atomic E-state index is 0.606. The van der Waals surface area contributed by atoms with Gasteiger partial charge >= 0.3 is 0 Å². The van der Waals surface area contributed by atoms with E-state index in [2.05, 4.69) is 33.6 Å². The van der Waals surface area contributed by atoms with Crippen LogP contribution < -0.4 is 15.4 Å². The van der Waals surface area contributed by atoms with Crippen molar-refractivity contribution in [2.45, 2.75) is 32.4 Å². The van der Waals surface area contributed by atoms with Crippen molar-refractivity contribution in [1.29, 1.82) is 0 Å². The maximum absolute atomic E-state index is 5.65. The highest BCUT2D eigenvalue weighted by Crippen LogP contribution is 2.17. The summed E-state index contributed by atoms with van der Waals surface area (Å²) < 4.78 is 5.65. The van der Waals surface area contributed by atoms with Crippen molar-refractivity contribution in [2.24, 2.45) is 4.99 Å². The molecule has 0 bridgehead atoms. The smallest absolute Gasteiger partial charge is 0.191 e. The van der Waals surface area contributed by atoms with Gasteiger partial charge in [-0.1, -0.05) is 18.2 Å². The zero-order valence-corrected chi connectivity index (χ0v) is 13.9. The number of hydrogen-bond acceptors (Lipinski definition) is 3. The fourth-order valence-electron chi connectivity index (χ4n) is 2.80. The van der Waals surface area contributed by atoms with Crippen LogP contribution in [-0.4, -0.2) is 50.7 Å². The molecule has 1 aliphatic heterocycles. The Bertz CT molecular complexity index is 489. The van der Waals surface area contributed by atoms with Gasteiger partial charge in [0, 0.05) is 31.7 Å². The number of para-hydroxylation sites is 1. The summed E-state index contributed by atoms with van der Waals surface area (Å²) in [5.74, 6) is 1.77. The van der Waals surface area contributed by atoms with Crippen molar-refractivity contribution >= 4 is 5.96 Å². The molecule has 122 valence electrons. The van der Waals surface area contributed by atoms with Crippen LogP contribution in [0.4, 0.5) is 0 Å². The number of hydrogen-bond donors (Lipinski definition) is 2. The molecule has 2 rings (SSSR count). The zero-order valence-electron chi connectivity index (χ0n) is 13.9. The molecule has 2 N–H and O–H groups in total. The van der Waals surface area contributed by atoms with E-state index in [4.69, 9.17) is 4.74 Å². The van der Waals surface area contributed by atoms with Crippen LogP contribution in [-0.2, 0) is 6.54 Å². The summed E-state index contributed by atoms with van der Waals surface area (Å²) in [5, 5.41) is 6.78. The molecule has 0 saturated carbocycles. The summed E-state index contributed by atoms with van der Waals surface area (Å²) in [7, 11) is 4.00. The molecule has 1 unspecified atom stereocenters. The highest BCUT2D eigenvalue weighted by atomic mass is 16.5. The average Bonchev–Trinajstić information content (AvgIpc) is 2.94. The molecule has 1 aliphatic rings. The van der Waals surface area contributed by atoms with Crippen LogP contribution >= 0.6 is 0 Å². The molecule has 22 heavy (non-hydrogen) atoms. The van der Waals surface area contributed by atoms with E-state index in [0.29, 0.717) is 19.2 Å². The molecule has 0 radical (unpaired) electrons. The molecule has 1 aromatic carbocycles. The third-order valence-corrected chi connectivity index (χ3v) is 4.12. The van der Waals surface area contributed by atoms with Crippen molar-refractivity contribution in [3.05, 3.63) is 29.8 Å². The predicted octanol–water partition coefficient (Wildman–Crippen LogP) is 1.84. The first-order valence-electron chi connectivity index (χ1n) is 8.10. The maximum Gasteiger partial charge on any atom is 0.191 e. The molecule has 0 aliphatic carbocycles. The second-order valence-electron chi connectivity index (χ2n) is 5.62. The highest BCUT2D eigenvalue weighted by Gasteiger charge is 2.20. The third-order valence-electron chi connectivity index (χ3n) is 4.12. The van der Waals surface area contributed by atoms with Gasteiger partial charge < -0.3 is 20.3 Å². The van der Waals surface area contributed by atoms with Gasteiger partial charge in [-0.05, 0) is 39.4 Å². The van der Waals surface area contributed by atoms with Gasteiger partial charge in [0.25, 0.3) is 0 Å². The molecule has 1 atom stereocenters. The van der Waals surface area contributed by atoms with Crippen LogP contribution in [0.5, 0.6) is 5.75 Å². The van der Waals surface area contributed by atoms with E-state index in [1.807, 2.05) is 32.2 Å². The van der Waals surface area contributed by atoms with E-state index in [-0.39, 0.29) is 0 Å². The number of rotatable bonds is 6. The second-order valence-corrected chi connectivity index (χ2v) is 5.62. The molecule has 5 heteroatoms. The minimum Gasteiger partial charge on any atom is -0.494 e. The molecule has 0 amide bonds. The van der Waals surface area contributed by atoms with Gasteiger partial charge in [0.2, 0.25) is 0 Å². The van der Waals surface area contributed by atoms with Crippen LogP contribution in [0.15, 0.2) is 29.3 Å². The van der Waals surface area contributed by atoms with Crippen molar-refractivity contribution in [3.63, 3.8) is 0 Å². The topological polar surface area (TPSA) is 48.9 Å². The summed E-state index contributed by atoms with van der Waals surface area (Å²) in [6.07, 6.45) is 2.55. The first-order valence-corrected chi connectivity index (χ1v) is 8.10. The average molecular weight is 304 g/mol. The summed E-state index contributed by atoms with van der Waals surface area (Å²) in [4.78, 5) is 6.71. The number of benzene rings is 1. The number of nitrogens with one attached hydrogen (secondary N) is 2. The monoisotopic (exact) mass is 304 g/mol. The van der Waals surface area contributed by atoms with Crippen molar-refractivity contribution in [1.82, 2.24) is 15.5 Å². The Hall–Kier alpha value is -1.75. The Labute approximate surface area is 133 Å². The van der Waals surface area contributed by atoms with E-state index in [1.165, 1.54) is 19.4 Å². The molecule has 0 spiro atoms. The molecular formula is C17H28N4O. The van der Waals surface area contributed by atoms with Crippen molar-refractivity contribution < 1.29 is 4.74 Å². The van der Waals surface area contributed by atoms with Crippen LogP contribution in [0, 0.1) is 0 Å². The van der Waals surface area contributed by atoms with Gasteiger partial charge in [-0.2, -0.15) is 0 Å². The maximum atomic E-state index is 5.65. The molecular weight excluding hydrogens is 276 g/mol. The van der Waals surface area contributed by atoms with Gasteiger partial charge in [-0.15, -0.1) is 0 Å². The van der Waals surface area contributed by atoms with Crippen LogP contribution in [0.25, 0.3) is 0 Å². The first kappa shape index (κ1) is 16.6. The fourth-order valence-corrected chi connectivity index (χ4v) is 2.80. The Morgan fingerprint density at radius 1 is 1.36 bits per heavy atom. The summed E-state index contributed by atoms with van der Waals surface area (Å²) >= 11 is 0. The highest BCUT2D eigenvalue weighted by molar-refractivity contribution is 5.79. The molecule has 1 aromatic rings. The van der Waals surface area contributed by atoms with Gasteiger partial charge in [0.15, 0.2) is 5.96 Å². The van der Waals surface area contributed by atoms with Crippen molar-refractivity contribution in [2.75, 3.05) is 33.8 Å². The first-order chi connectivity index (χ1) is 10.7. The largest absolute Gasteiger partial charge is 0.494 e. The Morgan fingerprint density at radius 3 is 2.86 bits per heavy atom. The van der Waals surface area contributed by atoms with Crippen LogP contribution in [0.3, 0.4) is 0 Å². The SMILES string of the molecule is CCOc1ccccc1CNC(=NC)NCC1CCCN1C. The lowest BCUT2D eigenvalue weighted by Gasteiger charge is -2.21. The second kappa shape index (κ2) is 8.63. The lowest BCUT2D eigenvalue weighted by molar-refractivity contribution is 0.309. The number of likely N-dealkylation sites (tertiary alicyclic amines) is 1. The summed E-state index contributed by atoms with van der Waals surface area (Å²) in [6, 6.07) is 8.72. The van der Waals surface area contributed by atoms with E-state index in [9.17, 15) is 0 Å². The van der Waals surface area contributed by atoms with Crippen LogP contribution in [0.2, 0.25) is 0 Å². The number of guanidine groups is 1. The van der Waals surface area contributed by atoms with Crippen molar-refractivity contribution in [3.8, 4) is 5.75 Å². The third kappa shape index (κ3) is 4.63. The normalized spacial score (nSPS) is 19.2. The van der Waals surface area contributed by atoms with Gasteiger partial charge in [-0.25, -0.2) is 0 Å². The molecule has 1 heterocycles. The Kier molecular flexibility index (Phi) is 6.52. The molecule has 1 saturated heterocycles. The zero-order chi connectivity index (χ0) is 15.8. The van der Waals surface area contributed by atoms with E-state index in [1.54, 1.807) is 0 Å². The van der Waals surface area contributed by atoms with E-state index >= 15 is 0 Å². The number of likely N-dealkylation sites (N-methyl/N-ethyl adjacent to an activating group) is 1. The van der Waals surface area contributed by atoms with E-state index < -0.39 is 0 Å². The molecule has 1 fully saturated rings. The van der Waals surface area contributed by atoms with E-state index in [0.717, 1.165) is 23.8 Å². The number of nitrogens with zero attached hydrogens (tertiary/aromatic N) is 2. The van der Waals surface area contributed by atoms with Crippen LogP contribution in [0.1, 0.15) is 25.3 Å². The van der Waals surface area contributed by atoms with Gasteiger partial charge in [0.1, 0.15) is 5.75 Å². The minimum atomic E-state index is 0.606. The Balaban J connectivity index is 1.83. The quantitative estimate of drug-likeness (QED) is 0.622. The lowest BCUT2D eigenvalue weighted by atomic mass is 10.2. The standard InChI is InChI=1S/C17H28N4O/c1-4-22-16-10-6-5-8-14(16)12-19-17(18-2)20-13-15-9-7-11-21(15)3/h5-6,8,10,15H,4,7,9,11-13H2,1-3H3,(H2,18,19,20). The van der Waals surface area contributed by atoms with Gasteiger partial charge in [0.05, 0.1) is 6.61 Å². The van der Waals surface area contributed by atoms with Gasteiger partial charge in [-0.3, -0.25) is 4.99 Å². The lowest BCUT2D eigenvalue weighted by Crippen LogP contribution is -2.43. The number of ether oxygens (including phenoxy) is 1. The predicted molar refractivity (Wildman–Crippen MR) is 91.5 cm³/mol.